The lowest BCUT2D eigenvalue weighted by atomic mass is 10.1. The van der Waals surface area contributed by atoms with Crippen LogP contribution in [0.2, 0.25) is 15.1 Å². The summed E-state index contributed by atoms with van der Waals surface area (Å²) in [5.74, 6) is 0. The molecule has 1 N–H and O–H groups in total. The second-order valence-electron chi connectivity index (χ2n) is 4.22. The van der Waals surface area contributed by atoms with Gasteiger partial charge in [-0.15, -0.1) is 0 Å². The lowest BCUT2D eigenvalue weighted by molar-refractivity contribution is -0.136. The number of para-hydroxylation sites is 1. The fourth-order valence-corrected chi connectivity index (χ4v) is 2.48. The molecular weight excluding hydrogens is 346 g/mol. The molecule has 0 atom stereocenters. The third-order valence-corrected chi connectivity index (χ3v) is 4.02. The van der Waals surface area contributed by atoms with Crippen LogP contribution in [0.3, 0.4) is 0 Å². The molecule has 0 heterocycles. The molecule has 112 valence electrons. The van der Waals surface area contributed by atoms with Crippen LogP contribution in [0.1, 0.15) is 11.1 Å². The summed E-state index contributed by atoms with van der Waals surface area (Å²) >= 11 is 17.9. The zero-order valence-corrected chi connectivity index (χ0v) is 12.7. The highest BCUT2D eigenvalue weighted by Crippen LogP contribution is 2.36. The first kappa shape index (κ1) is 16.3. The Hall–Kier alpha value is -1.10. The number of hydrogen-bond donors (Lipinski definition) is 1. The third-order valence-electron chi connectivity index (χ3n) is 2.83. The number of anilines is 1. The summed E-state index contributed by atoms with van der Waals surface area (Å²) in [4.78, 5) is 0. The molecule has 2 aromatic carbocycles. The van der Waals surface area contributed by atoms with E-state index in [0.29, 0.717) is 15.6 Å². The maximum Gasteiger partial charge on any atom is 0.418 e. The highest BCUT2D eigenvalue weighted by atomic mass is 35.5. The van der Waals surface area contributed by atoms with Gasteiger partial charge in [0.1, 0.15) is 0 Å². The van der Waals surface area contributed by atoms with E-state index in [4.69, 9.17) is 34.8 Å². The topological polar surface area (TPSA) is 12.0 Å². The highest BCUT2D eigenvalue weighted by molar-refractivity contribution is 6.44. The van der Waals surface area contributed by atoms with Gasteiger partial charge in [-0.25, -0.2) is 0 Å². The molecule has 0 spiro atoms. The van der Waals surface area contributed by atoms with Crippen LogP contribution in [0.5, 0.6) is 0 Å². The normalized spacial score (nSPS) is 11.5. The van der Waals surface area contributed by atoms with E-state index in [1.807, 2.05) is 0 Å². The third kappa shape index (κ3) is 3.76. The first-order valence-electron chi connectivity index (χ1n) is 5.83. The Balaban J connectivity index is 2.28. The molecule has 0 aliphatic heterocycles. The average Bonchev–Trinajstić information content (AvgIpc) is 2.42. The summed E-state index contributed by atoms with van der Waals surface area (Å²) in [6.45, 7) is 0.0331. The first-order chi connectivity index (χ1) is 9.80. The standard InChI is InChI=1S/C14H9Cl3F3N/c15-10-5-6-11(16)13(17)8(10)7-21-12-4-2-1-3-9(12)14(18,19)20/h1-6,21H,7H2. The Labute approximate surface area is 134 Å². The minimum atomic E-state index is -4.44. The van der Waals surface area contributed by atoms with Crippen LogP contribution >= 0.6 is 34.8 Å². The maximum atomic E-state index is 12.9. The van der Waals surface area contributed by atoms with E-state index in [9.17, 15) is 13.2 Å². The van der Waals surface area contributed by atoms with Crippen LogP contribution in [-0.2, 0) is 12.7 Å². The summed E-state index contributed by atoms with van der Waals surface area (Å²) in [5, 5.41) is 3.55. The molecule has 0 unspecified atom stereocenters. The highest BCUT2D eigenvalue weighted by Gasteiger charge is 2.33. The lowest BCUT2D eigenvalue weighted by Gasteiger charge is -2.15. The van der Waals surface area contributed by atoms with Crippen molar-refractivity contribution in [3.8, 4) is 0 Å². The number of hydrogen-bond acceptors (Lipinski definition) is 1. The van der Waals surface area contributed by atoms with Crippen molar-refractivity contribution >= 4 is 40.5 Å². The molecule has 1 nitrogen and oxygen atoms in total. The molecule has 2 rings (SSSR count). The molecule has 21 heavy (non-hydrogen) atoms. The van der Waals surface area contributed by atoms with E-state index in [1.54, 1.807) is 6.07 Å². The van der Waals surface area contributed by atoms with Crippen LogP contribution in [0.4, 0.5) is 18.9 Å². The van der Waals surface area contributed by atoms with Crippen molar-refractivity contribution < 1.29 is 13.2 Å². The summed E-state index contributed by atoms with van der Waals surface area (Å²) in [6.07, 6.45) is -4.44. The van der Waals surface area contributed by atoms with Crippen LogP contribution < -0.4 is 5.32 Å². The van der Waals surface area contributed by atoms with Crippen LogP contribution in [0.25, 0.3) is 0 Å². The van der Waals surface area contributed by atoms with Crippen molar-refractivity contribution in [1.82, 2.24) is 0 Å². The van der Waals surface area contributed by atoms with Gasteiger partial charge in [-0.1, -0.05) is 46.9 Å². The van der Waals surface area contributed by atoms with Crippen LogP contribution in [-0.4, -0.2) is 0 Å². The van der Waals surface area contributed by atoms with Gasteiger partial charge in [0.15, 0.2) is 0 Å². The monoisotopic (exact) mass is 353 g/mol. The van der Waals surface area contributed by atoms with Gasteiger partial charge >= 0.3 is 6.18 Å². The lowest BCUT2D eigenvalue weighted by Crippen LogP contribution is -2.11. The molecule has 0 aliphatic rings. The number of alkyl halides is 3. The van der Waals surface area contributed by atoms with Crippen LogP contribution in [0, 0.1) is 0 Å². The van der Waals surface area contributed by atoms with Crippen LogP contribution in [0.15, 0.2) is 36.4 Å². The summed E-state index contributed by atoms with van der Waals surface area (Å²) in [7, 11) is 0. The molecule has 0 radical (unpaired) electrons. The Kier molecular flexibility index (Phi) is 4.91. The van der Waals surface area contributed by atoms with Gasteiger partial charge in [-0.2, -0.15) is 13.2 Å². The summed E-state index contributed by atoms with van der Waals surface area (Å²) in [5.41, 5.74) is -0.348. The van der Waals surface area contributed by atoms with E-state index < -0.39 is 11.7 Å². The zero-order valence-electron chi connectivity index (χ0n) is 10.4. The number of benzene rings is 2. The minimum Gasteiger partial charge on any atom is -0.380 e. The fourth-order valence-electron chi connectivity index (χ4n) is 1.80. The largest absolute Gasteiger partial charge is 0.418 e. The van der Waals surface area contributed by atoms with Gasteiger partial charge in [-0.3, -0.25) is 0 Å². The van der Waals surface area contributed by atoms with Crippen molar-refractivity contribution in [2.75, 3.05) is 5.32 Å². The van der Waals surface area contributed by atoms with Gasteiger partial charge in [0.2, 0.25) is 0 Å². The van der Waals surface area contributed by atoms with Crippen molar-refractivity contribution in [1.29, 1.82) is 0 Å². The van der Waals surface area contributed by atoms with E-state index in [2.05, 4.69) is 5.32 Å². The van der Waals surface area contributed by atoms with Crippen molar-refractivity contribution in [3.05, 3.63) is 62.6 Å². The second-order valence-corrected chi connectivity index (χ2v) is 5.41. The van der Waals surface area contributed by atoms with Crippen molar-refractivity contribution in [3.63, 3.8) is 0 Å². The predicted molar refractivity (Wildman–Crippen MR) is 80.2 cm³/mol. The average molecular weight is 355 g/mol. The quantitative estimate of drug-likeness (QED) is 0.640. The predicted octanol–water partition coefficient (Wildman–Crippen LogP) is 6.28. The van der Waals surface area contributed by atoms with E-state index in [0.717, 1.165) is 6.07 Å². The SMILES string of the molecule is FC(F)(F)c1ccccc1NCc1c(Cl)ccc(Cl)c1Cl. The molecule has 0 aromatic heterocycles. The number of halogens is 6. The van der Waals surface area contributed by atoms with E-state index in [-0.39, 0.29) is 17.3 Å². The Bertz CT molecular complexity index is 656. The Morgan fingerprint density at radius 2 is 1.52 bits per heavy atom. The van der Waals surface area contributed by atoms with E-state index >= 15 is 0 Å². The maximum absolute atomic E-state index is 12.9. The molecule has 0 aliphatic carbocycles. The fraction of sp³-hybridized carbons (Fsp3) is 0.143. The van der Waals surface area contributed by atoms with Crippen molar-refractivity contribution in [2.24, 2.45) is 0 Å². The van der Waals surface area contributed by atoms with Gasteiger partial charge < -0.3 is 5.32 Å². The number of nitrogens with one attached hydrogen (secondary N) is 1. The summed E-state index contributed by atoms with van der Waals surface area (Å²) in [6, 6.07) is 8.26. The smallest absolute Gasteiger partial charge is 0.380 e. The molecule has 0 saturated heterocycles. The second kappa shape index (κ2) is 6.34. The first-order valence-corrected chi connectivity index (χ1v) is 6.96. The molecule has 0 bridgehead atoms. The molecular formula is C14H9Cl3F3N. The molecule has 7 heteroatoms. The molecule has 0 fully saturated rings. The number of rotatable bonds is 3. The van der Waals surface area contributed by atoms with Gasteiger partial charge in [0.05, 0.1) is 15.6 Å². The molecule has 2 aromatic rings. The Morgan fingerprint density at radius 3 is 2.19 bits per heavy atom. The molecule has 0 amide bonds. The Morgan fingerprint density at radius 1 is 0.905 bits per heavy atom. The van der Waals surface area contributed by atoms with Gasteiger partial charge in [0.25, 0.3) is 0 Å². The van der Waals surface area contributed by atoms with Gasteiger partial charge in [0, 0.05) is 22.8 Å². The zero-order chi connectivity index (χ0) is 15.6. The van der Waals surface area contributed by atoms with Crippen molar-refractivity contribution in [2.45, 2.75) is 12.7 Å². The van der Waals surface area contributed by atoms with Gasteiger partial charge in [-0.05, 0) is 24.3 Å². The molecule has 0 saturated carbocycles. The minimum absolute atomic E-state index is 0.0331. The summed E-state index contributed by atoms with van der Waals surface area (Å²) < 4.78 is 38.7. The van der Waals surface area contributed by atoms with E-state index in [1.165, 1.54) is 24.3 Å².